The van der Waals surface area contributed by atoms with Crippen LogP contribution in [0.1, 0.15) is 33.3 Å². The summed E-state index contributed by atoms with van der Waals surface area (Å²) in [7, 11) is 0. The molecule has 0 unspecified atom stereocenters. The Morgan fingerprint density at radius 1 is 1.22 bits per heavy atom. The highest BCUT2D eigenvalue weighted by molar-refractivity contribution is 6.31. The van der Waals surface area contributed by atoms with Gasteiger partial charge in [0.05, 0.1) is 11.6 Å². The van der Waals surface area contributed by atoms with E-state index in [1.165, 1.54) is 0 Å². The van der Waals surface area contributed by atoms with E-state index < -0.39 is 0 Å². The minimum atomic E-state index is -0.0500. The smallest absolute Gasteiger partial charge is 0.128 e. The van der Waals surface area contributed by atoms with Crippen molar-refractivity contribution in [3.8, 4) is 0 Å². The van der Waals surface area contributed by atoms with Crippen LogP contribution >= 0.6 is 11.6 Å². The van der Waals surface area contributed by atoms with E-state index in [2.05, 4.69) is 37.6 Å². The van der Waals surface area contributed by atoms with Crippen molar-refractivity contribution >= 4 is 17.4 Å². The third kappa shape index (κ3) is 4.46. The van der Waals surface area contributed by atoms with Crippen LogP contribution in [0.25, 0.3) is 0 Å². The van der Waals surface area contributed by atoms with Gasteiger partial charge in [-0.05, 0) is 17.9 Å². The molecule has 1 rings (SSSR count). The SMILES string of the molecule is CC(C)CN(CC(C)C)c1cc(CO)c(Cl)cn1. The second-order valence-corrected chi connectivity index (χ2v) is 5.89. The molecule has 4 heteroatoms. The number of nitrogens with zero attached hydrogens (tertiary/aromatic N) is 2. The molecule has 0 spiro atoms. The maximum atomic E-state index is 9.26. The van der Waals surface area contributed by atoms with E-state index in [1.807, 2.05) is 6.07 Å². The molecule has 1 aromatic rings. The maximum absolute atomic E-state index is 9.26. The molecule has 0 aromatic carbocycles. The lowest BCUT2D eigenvalue weighted by molar-refractivity contribution is 0.282. The van der Waals surface area contributed by atoms with Gasteiger partial charge >= 0.3 is 0 Å². The van der Waals surface area contributed by atoms with Gasteiger partial charge in [0.1, 0.15) is 5.82 Å². The molecule has 1 N–H and O–H groups in total. The number of halogens is 1. The molecular weight excluding hydrogens is 248 g/mol. The highest BCUT2D eigenvalue weighted by Gasteiger charge is 2.13. The number of aromatic nitrogens is 1. The van der Waals surface area contributed by atoms with E-state index >= 15 is 0 Å². The average Bonchev–Trinajstić information content (AvgIpc) is 2.27. The third-order valence-electron chi connectivity index (χ3n) is 2.59. The molecule has 1 aromatic heterocycles. The summed E-state index contributed by atoms with van der Waals surface area (Å²) in [5.74, 6) is 2.03. The summed E-state index contributed by atoms with van der Waals surface area (Å²) < 4.78 is 0. The van der Waals surface area contributed by atoms with Crippen LogP contribution in [0.2, 0.25) is 5.02 Å². The first-order valence-corrected chi connectivity index (χ1v) is 6.82. The molecule has 0 aliphatic heterocycles. The van der Waals surface area contributed by atoms with Crippen LogP contribution in [0.4, 0.5) is 5.82 Å². The Balaban J connectivity index is 2.96. The van der Waals surface area contributed by atoms with Crippen LogP contribution < -0.4 is 4.90 Å². The second-order valence-electron chi connectivity index (χ2n) is 5.48. The van der Waals surface area contributed by atoms with Crippen LogP contribution in [-0.4, -0.2) is 23.2 Å². The summed E-state index contributed by atoms with van der Waals surface area (Å²) >= 11 is 5.97. The van der Waals surface area contributed by atoms with Crippen molar-refractivity contribution in [1.29, 1.82) is 0 Å². The Labute approximate surface area is 115 Å². The molecule has 0 bridgehead atoms. The zero-order valence-electron chi connectivity index (χ0n) is 11.7. The van der Waals surface area contributed by atoms with Crippen molar-refractivity contribution in [3.63, 3.8) is 0 Å². The number of hydrogen-bond acceptors (Lipinski definition) is 3. The lowest BCUT2D eigenvalue weighted by Gasteiger charge is -2.27. The van der Waals surface area contributed by atoms with Gasteiger partial charge in [-0.15, -0.1) is 0 Å². The molecule has 0 aliphatic rings. The van der Waals surface area contributed by atoms with Gasteiger partial charge in [0.25, 0.3) is 0 Å². The topological polar surface area (TPSA) is 36.4 Å². The van der Waals surface area contributed by atoms with Crippen molar-refractivity contribution in [1.82, 2.24) is 4.98 Å². The molecule has 3 nitrogen and oxygen atoms in total. The largest absolute Gasteiger partial charge is 0.392 e. The van der Waals surface area contributed by atoms with Gasteiger partial charge in [0.15, 0.2) is 0 Å². The summed E-state index contributed by atoms with van der Waals surface area (Å²) in [5, 5.41) is 9.78. The minimum absolute atomic E-state index is 0.0500. The fourth-order valence-electron chi connectivity index (χ4n) is 1.91. The van der Waals surface area contributed by atoms with Gasteiger partial charge in [-0.1, -0.05) is 39.3 Å². The molecule has 18 heavy (non-hydrogen) atoms. The van der Waals surface area contributed by atoms with Crippen LogP contribution in [0.15, 0.2) is 12.3 Å². The number of aliphatic hydroxyl groups excluding tert-OH is 1. The van der Waals surface area contributed by atoms with Crippen molar-refractivity contribution in [2.45, 2.75) is 34.3 Å². The predicted octanol–water partition coefficient (Wildman–Crippen LogP) is 3.35. The quantitative estimate of drug-likeness (QED) is 0.861. The number of anilines is 1. The Morgan fingerprint density at radius 2 is 1.78 bits per heavy atom. The fraction of sp³-hybridized carbons (Fsp3) is 0.643. The van der Waals surface area contributed by atoms with Gasteiger partial charge in [-0.3, -0.25) is 0 Å². The third-order valence-corrected chi connectivity index (χ3v) is 2.93. The van der Waals surface area contributed by atoms with Crippen molar-refractivity contribution < 1.29 is 5.11 Å². The number of rotatable bonds is 6. The average molecular weight is 271 g/mol. The molecule has 1 heterocycles. The highest BCUT2D eigenvalue weighted by Crippen LogP contribution is 2.22. The highest BCUT2D eigenvalue weighted by atomic mass is 35.5. The first-order valence-electron chi connectivity index (χ1n) is 6.44. The van der Waals surface area contributed by atoms with E-state index in [9.17, 15) is 5.11 Å². The van der Waals surface area contributed by atoms with Crippen LogP contribution in [0, 0.1) is 11.8 Å². The molecule has 0 saturated carbocycles. The van der Waals surface area contributed by atoms with Crippen molar-refractivity contribution in [2.75, 3.05) is 18.0 Å². The van der Waals surface area contributed by atoms with E-state index in [1.54, 1.807) is 6.20 Å². The zero-order valence-corrected chi connectivity index (χ0v) is 12.4. The van der Waals surface area contributed by atoms with E-state index in [4.69, 9.17) is 11.6 Å². The van der Waals surface area contributed by atoms with E-state index in [0.717, 1.165) is 24.5 Å². The Morgan fingerprint density at radius 3 is 2.22 bits per heavy atom. The van der Waals surface area contributed by atoms with E-state index in [0.29, 0.717) is 16.9 Å². The molecule has 0 fully saturated rings. The van der Waals surface area contributed by atoms with Gasteiger partial charge in [-0.2, -0.15) is 0 Å². The molecule has 102 valence electrons. The summed E-state index contributed by atoms with van der Waals surface area (Å²) in [6.45, 7) is 10.6. The van der Waals surface area contributed by atoms with E-state index in [-0.39, 0.29) is 6.61 Å². The number of hydrogen-bond donors (Lipinski definition) is 1. The lowest BCUT2D eigenvalue weighted by atomic mass is 10.1. The normalized spacial score (nSPS) is 11.3. The molecule has 0 aliphatic carbocycles. The fourth-order valence-corrected chi connectivity index (χ4v) is 2.07. The Kier molecular flexibility index (Phi) is 5.89. The standard InChI is InChI=1S/C14H23ClN2O/c1-10(2)7-17(8-11(3)4)14-5-12(9-18)13(15)6-16-14/h5-6,10-11,18H,7-9H2,1-4H3. The van der Waals surface area contributed by atoms with Crippen LogP contribution in [0.3, 0.4) is 0 Å². The molecule has 0 amide bonds. The summed E-state index contributed by atoms with van der Waals surface area (Å²) in [6.07, 6.45) is 1.62. The van der Waals surface area contributed by atoms with Crippen molar-refractivity contribution in [3.05, 3.63) is 22.8 Å². The number of pyridine rings is 1. The van der Waals surface area contributed by atoms with Crippen LogP contribution in [0.5, 0.6) is 0 Å². The summed E-state index contributed by atoms with van der Waals surface area (Å²) in [5.41, 5.74) is 0.735. The lowest BCUT2D eigenvalue weighted by Crippen LogP contribution is -2.32. The first kappa shape index (κ1) is 15.3. The summed E-state index contributed by atoms with van der Waals surface area (Å²) in [6, 6.07) is 1.88. The minimum Gasteiger partial charge on any atom is -0.392 e. The molecule has 0 atom stereocenters. The molecular formula is C14H23ClN2O. The molecule has 0 saturated heterocycles. The zero-order chi connectivity index (χ0) is 13.7. The first-order chi connectivity index (χ1) is 8.43. The van der Waals surface area contributed by atoms with Crippen molar-refractivity contribution in [2.24, 2.45) is 11.8 Å². The van der Waals surface area contributed by atoms with Gasteiger partial charge in [0.2, 0.25) is 0 Å². The monoisotopic (exact) mass is 270 g/mol. The molecule has 0 radical (unpaired) electrons. The Bertz CT molecular complexity index is 370. The maximum Gasteiger partial charge on any atom is 0.128 e. The second kappa shape index (κ2) is 6.95. The summed E-state index contributed by atoms with van der Waals surface area (Å²) in [4.78, 5) is 6.63. The Hall–Kier alpha value is -0.800. The van der Waals surface area contributed by atoms with Gasteiger partial charge in [-0.25, -0.2) is 4.98 Å². The van der Waals surface area contributed by atoms with Gasteiger partial charge in [0, 0.05) is 24.8 Å². The van der Waals surface area contributed by atoms with Gasteiger partial charge < -0.3 is 10.0 Å². The predicted molar refractivity (Wildman–Crippen MR) is 77.1 cm³/mol. The number of aliphatic hydroxyl groups is 1. The van der Waals surface area contributed by atoms with Crippen LogP contribution in [-0.2, 0) is 6.61 Å².